The molecule has 3 aromatic rings. The monoisotopic (exact) mass is 321 g/mol. The molecule has 0 aliphatic rings. The van der Waals surface area contributed by atoms with Gasteiger partial charge in [-0.2, -0.15) is 0 Å². The number of hydrogen-bond donors (Lipinski definition) is 1. The molecule has 3 rings (SSSR count). The first-order valence-electron chi connectivity index (χ1n) is 6.39. The molecule has 1 aromatic heterocycles. The van der Waals surface area contributed by atoms with Crippen LogP contribution in [0.15, 0.2) is 46.9 Å². The first-order valence-corrected chi connectivity index (χ1v) is 6.77. The highest BCUT2D eigenvalue weighted by molar-refractivity contribution is 6.33. The predicted octanol–water partition coefficient (Wildman–Crippen LogP) is 4.28. The van der Waals surface area contributed by atoms with E-state index in [0.29, 0.717) is 10.6 Å². The fourth-order valence-electron chi connectivity index (χ4n) is 1.87. The predicted molar refractivity (Wildman–Crippen MR) is 78.4 cm³/mol. The Balaban J connectivity index is 1.74. The number of aromatic nitrogens is 2. The van der Waals surface area contributed by atoms with Gasteiger partial charge >= 0.3 is 0 Å². The second kappa shape index (κ2) is 6.11. The molecule has 4 nitrogen and oxygen atoms in total. The van der Waals surface area contributed by atoms with Crippen LogP contribution < -0.4 is 5.32 Å². The van der Waals surface area contributed by atoms with E-state index in [4.69, 9.17) is 16.0 Å². The molecule has 112 valence electrons. The van der Waals surface area contributed by atoms with E-state index >= 15 is 0 Å². The van der Waals surface area contributed by atoms with E-state index < -0.39 is 11.6 Å². The molecular weight excluding hydrogens is 312 g/mol. The van der Waals surface area contributed by atoms with Crippen molar-refractivity contribution < 1.29 is 13.2 Å². The average molecular weight is 322 g/mol. The minimum atomic E-state index is -0.689. The van der Waals surface area contributed by atoms with Crippen LogP contribution in [0.2, 0.25) is 5.02 Å². The van der Waals surface area contributed by atoms with Gasteiger partial charge < -0.3 is 9.73 Å². The lowest BCUT2D eigenvalue weighted by Gasteiger charge is -2.04. The molecule has 0 bridgehead atoms. The molecule has 0 atom stereocenters. The Bertz CT molecular complexity index is 807. The summed E-state index contributed by atoms with van der Waals surface area (Å²) in [5.41, 5.74) is 0.773. The summed E-state index contributed by atoms with van der Waals surface area (Å²) in [5.74, 6) is -0.784. The summed E-state index contributed by atoms with van der Waals surface area (Å²) in [6.07, 6.45) is 0. The molecule has 0 saturated heterocycles. The summed E-state index contributed by atoms with van der Waals surface area (Å²) in [6.45, 7) is 0.111. The number of nitrogens with one attached hydrogen (secondary N) is 1. The van der Waals surface area contributed by atoms with Crippen LogP contribution >= 0.6 is 11.6 Å². The van der Waals surface area contributed by atoms with E-state index in [1.54, 1.807) is 24.3 Å². The molecule has 0 amide bonds. The molecular formula is C15H10ClF2N3O. The maximum absolute atomic E-state index is 13.5. The number of nitrogens with zero attached hydrogens (tertiary/aromatic N) is 2. The van der Waals surface area contributed by atoms with Gasteiger partial charge in [0.25, 0.3) is 0 Å². The van der Waals surface area contributed by atoms with Gasteiger partial charge in [-0.25, -0.2) is 8.78 Å². The molecule has 1 N–H and O–H groups in total. The van der Waals surface area contributed by atoms with Crippen LogP contribution in [0.4, 0.5) is 14.5 Å². The van der Waals surface area contributed by atoms with Crippen molar-refractivity contribution in [3.63, 3.8) is 0 Å². The number of halogens is 3. The van der Waals surface area contributed by atoms with Gasteiger partial charge in [0, 0.05) is 6.07 Å². The van der Waals surface area contributed by atoms with Gasteiger partial charge in [-0.3, -0.25) is 0 Å². The summed E-state index contributed by atoms with van der Waals surface area (Å²) >= 11 is 6.05. The van der Waals surface area contributed by atoms with Crippen molar-refractivity contribution >= 4 is 17.3 Å². The highest BCUT2D eigenvalue weighted by atomic mass is 35.5. The lowest BCUT2D eigenvalue weighted by Crippen LogP contribution is -2.02. The molecule has 2 aromatic carbocycles. The van der Waals surface area contributed by atoms with Gasteiger partial charge in [-0.1, -0.05) is 23.7 Å². The Hall–Kier alpha value is -2.47. The van der Waals surface area contributed by atoms with Crippen LogP contribution in [0, 0.1) is 11.6 Å². The number of rotatable bonds is 4. The fraction of sp³-hybridized carbons (Fsp3) is 0.0667. The van der Waals surface area contributed by atoms with Crippen LogP contribution in [-0.4, -0.2) is 10.2 Å². The van der Waals surface area contributed by atoms with Crippen molar-refractivity contribution in [1.29, 1.82) is 0 Å². The average Bonchev–Trinajstić information content (AvgIpc) is 2.95. The second-order valence-corrected chi connectivity index (χ2v) is 4.87. The zero-order valence-corrected chi connectivity index (χ0v) is 11.9. The van der Waals surface area contributed by atoms with E-state index in [9.17, 15) is 8.78 Å². The SMILES string of the molecule is Fc1ccc(NCc2nnc(-c3ccccc3Cl)o2)c(F)c1. The van der Waals surface area contributed by atoms with Crippen LogP contribution in [0.3, 0.4) is 0 Å². The lowest BCUT2D eigenvalue weighted by molar-refractivity contribution is 0.514. The first kappa shape index (κ1) is 14.5. The standard InChI is InChI=1S/C15H10ClF2N3O/c16-11-4-2-1-3-10(11)15-21-20-14(22-15)8-19-13-6-5-9(17)7-12(13)18/h1-7,19H,8H2. The largest absolute Gasteiger partial charge is 0.419 e. The maximum atomic E-state index is 13.5. The topological polar surface area (TPSA) is 51.0 Å². The lowest BCUT2D eigenvalue weighted by atomic mass is 10.2. The molecule has 22 heavy (non-hydrogen) atoms. The van der Waals surface area contributed by atoms with Crippen molar-refractivity contribution in [1.82, 2.24) is 10.2 Å². The van der Waals surface area contributed by atoms with E-state index in [0.717, 1.165) is 12.1 Å². The molecule has 1 heterocycles. The molecule has 0 unspecified atom stereocenters. The summed E-state index contributed by atoms with van der Waals surface area (Å²) in [7, 11) is 0. The first-order chi connectivity index (χ1) is 10.6. The van der Waals surface area contributed by atoms with Crippen molar-refractivity contribution in [3.05, 3.63) is 65.0 Å². The van der Waals surface area contributed by atoms with Gasteiger partial charge in [-0.15, -0.1) is 10.2 Å². The van der Waals surface area contributed by atoms with Crippen LogP contribution in [0.5, 0.6) is 0 Å². The summed E-state index contributed by atoms with van der Waals surface area (Å²) < 4.78 is 31.8. The highest BCUT2D eigenvalue weighted by Crippen LogP contribution is 2.26. The Labute approximate surface area is 129 Å². The third kappa shape index (κ3) is 3.07. The summed E-state index contributed by atoms with van der Waals surface area (Å²) in [5, 5.41) is 11.0. The van der Waals surface area contributed by atoms with Crippen LogP contribution in [0.25, 0.3) is 11.5 Å². The van der Waals surface area contributed by atoms with Crippen molar-refractivity contribution in [2.45, 2.75) is 6.54 Å². The number of benzene rings is 2. The van der Waals surface area contributed by atoms with E-state index in [1.165, 1.54) is 6.07 Å². The van der Waals surface area contributed by atoms with Gasteiger partial charge in [0.05, 0.1) is 22.8 Å². The molecule has 0 radical (unpaired) electrons. The van der Waals surface area contributed by atoms with Gasteiger partial charge in [0.15, 0.2) is 0 Å². The van der Waals surface area contributed by atoms with E-state index in [2.05, 4.69) is 15.5 Å². The summed E-state index contributed by atoms with van der Waals surface area (Å²) in [6, 6.07) is 10.3. The molecule has 0 fully saturated rings. The minimum absolute atomic E-state index is 0.111. The van der Waals surface area contributed by atoms with Crippen molar-refractivity contribution in [2.24, 2.45) is 0 Å². The fourth-order valence-corrected chi connectivity index (χ4v) is 2.09. The molecule has 0 saturated carbocycles. The molecule has 0 spiro atoms. The molecule has 0 aliphatic heterocycles. The molecule has 7 heteroatoms. The highest BCUT2D eigenvalue weighted by Gasteiger charge is 2.12. The zero-order valence-electron chi connectivity index (χ0n) is 11.2. The smallest absolute Gasteiger partial charge is 0.249 e. The minimum Gasteiger partial charge on any atom is -0.419 e. The van der Waals surface area contributed by atoms with Crippen molar-refractivity contribution in [3.8, 4) is 11.5 Å². The Morgan fingerprint density at radius 1 is 1.09 bits per heavy atom. The quantitative estimate of drug-likeness (QED) is 0.779. The van der Waals surface area contributed by atoms with Gasteiger partial charge in [0.2, 0.25) is 11.8 Å². The Kier molecular flexibility index (Phi) is 4.02. The second-order valence-electron chi connectivity index (χ2n) is 4.46. The maximum Gasteiger partial charge on any atom is 0.249 e. The third-order valence-corrected chi connectivity index (χ3v) is 3.26. The Morgan fingerprint density at radius 2 is 1.91 bits per heavy atom. The van der Waals surface area contributed by atoms with Gasteiger partial charge in [-0.05, 0) is 24.3 Å². The Morgan fingerprint density at radius 3 is 2.68 bits per heavy atom. The normalized spacial score (nSPS) is 10.7. The van der Waals surface area contributed by atoms with E-state index in [-0.39, 0.29) is 24.0 Å². The van der Waals surface area contributed by atoms with Crippen LogP contribution in [0.1, 0.15) is 5.89 Å². The van der Waals surface area contributed by atoms with Crippen LogP contribution in [-0.2, 0) is 6.54 Å². The molecule has 0 aliphatic carbocycles. The number of hydrogen-bond acceptors (Lipinski definition) is 4. The third-order valence-electron chi connectivity index (χ3n) is 2.93. The number of anilines is 1. The summed E-state index contributed by atoms with van der Waals surface area (Å²) in [4.78, 5) is 0. The zero-order chi connectivity index (χ0) is 15.5. The van der Waals surface area contributed by atoms with Crippen molar-refractivity contribution in [2.75, 3.05) is 5.32 Å². The van der Waals surface area contributed by atoms with Gasteiger partial charge in [0.1, 0.15) is 11.6 Å². The van der Waals surface area contributed by atoms with E-state index in [1.807, 2.05) is 0 Å².